The fraction of sp³-hybridized carbons (Fsp3) is 0.667. The van der Waals surface area contributed by atoms with Crippen LogP contribution < -0.4 is 16.0 Å². The standard InChI is InChI=1S/C12H20N4OS/c1-3-6-16(2)12-15-10(13)9(18-12)11(17)14-7-8-4-5-8/h8H,3-7,13H2,1-2H3,(H,14,17). The van der Waals surface area contributed by atoms with E-state index in [4.69, 9.17) is 5.73 Å². The highest BCUT2D eigenvalue weighted by Crippen LogP contribution is 2.29. The topological polar surface area (TPSA) is 71.2 Å². The molecule has 1 aliphatic rings. The van der Waals surface area contributed by atoms with Crippen LogP contribution in [0.4, 0.5) is 10.9 Å². The lowest BCUT2D eigenvalue weighted by molar-refractivity contribution is 0.0956. The van der Waals surface area contributed by atoms with E-state index < -0.39 is 0 Å². The number of nitrogens with one attached hydrogen (secondary N) is 1. The quantitative estimate of drug-likeness (QED) is 0.824. The van der Waals surface area contributed by atoms with Crippen LogP contribution in [0.25, 0.3) is 0 Å². The molecule has 3 N–H and O–H groups in total. The smallest absolute Gasteiger partial charge is 0.265 e. The second-order valence-corrected chi connectivity index (χ2v) is 5.76. The molecule has 0 spiro atoms. The minimum atomic E-state index is -0.0898. The molecule has 0 saturated heterocycles. The van der Waals surface area contributed by atoms with E-state index in [9.17, 15) is 4.79 Å². The Labute approximate surface area is 111 Å². The first kappa shape index (κ1) is 13.1. The summed E-state index contributed by atoms with van der Waals surface area (Å²) in [5, 5.41) is 3.73. The molecular weight excluding hydrogens is 248 g/mol. The number of thiazole rings is 1. The highest BCUT2D eigenvalue weighted by Gasteiger charge is 2.23. The van der Waals surface area contributed by atoms with E-state index in [0.29, 0.717) is 16.6 Å². The van der Waals surface area contributed by atoms with Crippen LogP contribution in [-0.2, 0) is 0 Å². The molecule has 0 bridgehead atoms. The molecule has 0 aromatic carbocycles. The van der Waals surface area contributed by atoms with Gasteiger partial charge in [0.05, 0.1) is 0 Å². The molecule has 1 saturated carbocycles. The van der Waals surface area contributed by atoms with E-state index in [1.54, 1.807) is 0 Å². The van der Waals surface area contributed by atoms with Gasteiger partial charge in [0.1, 0.15) is 10.7 Å². The van der Waals surface area contributed by atoms with Crippen LogP contribution in [0, 0.1) is 5.92 Å². The Kier molecular flexibility index (Phi) is 4.06. The third kappa shape index (κ3) is 3.13. The first-order valence-corrected chi connectivity index (χ1v) is 7.19. The Bertz CT molecular complexity index is 428. The lowest BCUT2D eigenvalue weighted by Crippen LogP contribution is -2.25. The van der Waals surface area contributed by atoms with Gasteiger partial charge < -0.3 is 16.0 Å². The molecular formula is C12H20N4OS. The monoisotopic (exact) mass is 268 g/mol. The number of hydrogen-bond acceptors (Lipinski definition) is 5. The van der Waals surface area contributed by atoms with Crippen molar-refractivity contribution in [1.82, 2.24) is 10.3 Å². The molecule has 0 radical (unpaired) electrons. The van der Waals surface area contributed by atoms with Crippen molar-refractivity contribution in [1.29, 1.82) is 0 Å². The molecule has 0 unspecified atom stereocenters. The van der Waals surface area contributed by atoms with E-state index in [1.807, 2.05) is 11.9 Å². The molecule has 2 rings (SSSR count). The van der Waals surface area contributed by atoms with Crippen molar-refractivity contribution in [2.75, 3.05) is 30.8 Å². The Morgan fingerprint density at radius 2 is 2.33 bits per heavy atom. The zero-order chi connectivity index (χ0) is 13.1. The molecule has 0 aliphatic heterocycles. The average Bonchev–Trinajstić information content (AvgIpc) is 3.08. The predicted molar refractivity (Wildman–Crippen MR) is 75.1 cm³/mol. The van der Waals surface area contributed by atoms with Crippen molar-refractivity contribution < 1.29 is 4.79 Å². The van der Waals surface area contributed by atoms with Crippen LogP contribution >= 0.6 is 11.3 Å². The highest BCUT2D eigenvalue weighted by atomic mass is 32.1. The number of carbonyl (C=O) groups excluding carboxylic acids is 1. The fourth-order valence-corrected chi connectivity index (χ4v) is 2.61. The Morgan fingerprint density at radius 3 is 2.94 bits per heavy atom. The van der Waals surface area contributed by atoms with Gasteiger partial charge >= 0.3 is 0 Å². The third-order valence-electron chi connectivity index (χ3n) is 2.98. The number of rotatable bonds is 6. The summed E-state index contributed by atoms with van der Waals surface area (Å²) in [6, 6.07) is 0. The fourth-order valence-electron chi connectivity index (χ4n) is 1.72. The Morgan fingerprint density at radius 1 is 1.61 bits per heavy atom. The normalized spacial score (nSPS) is 14.6. The summed E-state index contributed by atoms with van der Waals surface area (Å²) in [6.07, 6.45) is 3.49. The second kappa shape index (κ2) is 5.56. The maximum atomic E-state index is 12.0. The van der Waals surface area contributed by atoms with Gasteiger partial charge in [0.25, 0.3) is 5.91 Å². The lowest BCUT2D eigenvalue weighted by atomic mass is 10.4. The molecule has 1 heterocycles. The summed E-state index contributed by atoms with van der Waals surface area (Å²) in [6.45, 7) is 3.78. The van der Waals surface area contributed by atoms with Gasteiger partial charge in [-0.3, -0.25) is 4.79 Å². The van der Waals surface area contributed by atoms with Crippen molar-refractivity contribution in [2.24, 2.45) is 5.92 Å². The van der Waals surface area contributed by atoms with E-state index in [2.05, 4.69) is 17.2 Å². The highest BCUT2D eigenvalue weighted by molar-refractivity contribution is 7.18. The van der Waals surface area contributed by atoms with Gasteiger partial charge in [0, 0.05) is 20.1 Å². The summed E-state index contributed by atoms with van der Waals surface area (Å²) < 4.78 is 0. The first-order chi connectivity index (χ1) is 8.61. The van der Waals surface area contributed by atoms with Gasteiger partial charge in [-0.05, 0) is 25.2 Å². The molecule has 100 valence electrons. The number of anilines is 2. The van der Waals surface area contributed by atoms with Gasteiger partial charge in [0.2, 0.25) is 0 Å². The van der Waals surface area contributed by atoms with Crippen LogP contribution in [0.15, 0.2) is 0 Å². The summed E-state index contributed by atoms with van der Waals surface area (Å²) >= 11 is 1.37. The molecule has 6 heteroatoms. The van der Waals surface area contributed by atoms with Crippen LogP contribution in [0.2, 0.25) is 0 Å². The Balaban J connectivity index is 2.00. The number of nitrogens with two attached hydrogens (primary N) is 1. The molecule has 0 atom stereocenters. The van der Waals surface area contributed by atoms with E-state index in [1.165, 1.54) is 24.2 Å². The maximum Gasteiger partial charge on any atom is 0.265 e. The van der Waals surface area contributed by atoms with Crippen molar-refractivity contribution in [3.63, 3.8) is 0 Å². The van der Waals surface area contributed by atoms with Gasteiger partial charge in [-0.2, -0.15) is 0 Å². The molecule has 1 aromatic heterocycles. The van der Waals surface area contributed by atoms with Crippen molar-refractivity contribution in [3.8, 4) is 0 Å². The SMILES string of the molecule is CCCN(C)c1nc(N)c(C(=O)NCC2CC2)s1. The molecule has 1 fully saturated rings. The number of amides is 1. The van der Waals surface area contributed by atoms with Crippen LogP contribution in [0.1, 0.15) is 35.9 Å². The predicted octanol–water partition coefficient (Wildman–Crippen LogP) is 1.71. The molecule has 5 nitrogen and oxygen atoms in total. The number of nitrogen functional groups attached to an aromatic ring is 1. The summed E-state index contributed by atoms with van der Waals surface area (Å²) in [4.78, 5) is 18.8. The van der Waals surface area contributed by atoms with Crippen LogP contribution in [-0.4, -0.2) is 31.0 Å². The molecule has 1 aliphatic carbocycles. The molecule has 1 aromatic rings. The minimum absolute atomic E-state index is 0.0898. The van der Waals surface area contributed by atoms with Crippen LogP contribution in [0.5, 0.6) is 0 Å². The van der Waals surface area contributed by atoms with E-state index in [-0.39, 0.29) is 5.91 Å². The number of hydrogen-bond donors (Lipinski definition) is 2. The molecule has 18 heavy (non-hydrogen) atoms. The Hall–Kier alpha value is -1.30. The minimum Gasteiger partial charge on any atom is -0.382 e. The summed E-state index contributed by atoms with van der Waals surface area (Å²) in [7, 11) is 1.97. The zero-order valence-electron chi connectivity index (χ0n) is 10.9. The van der Waals surface area contributed by atoms with Gasteiger partial charge in [-0.15, -0.1) is 0 Å². The average molecular weight is 268 g/mol. The third-order valence-corrected chi connectivity index (χ3v) is 4.17. The largest absolute Gasteiger partial charge is 0.382 e. The summed E-state index contributed by atoms with van der Waals surface area (Å²) in [5.41, 5.74) is 5.81. The number of aromatic nitrogens is 1. The van der Waals surface area contributed by atoms with Gasteiger partial charge in [-0.25, -0.2) is 4.98 Å². The number of carbonyl (C=O) groups is 1. The van der Waals surface area contributed by atoms with Crippen molar-refractivity contribution >= 4 is 28.2 Å². The van der Waals surface area contributed by atoms with E-state index in [0.717, 1.165) is 24.6 Å². The van der Waals surface area contributed by atoms with Gasteiger partial charge in [-0.1, -0.05) is 18.3 Å². The van der Waals surface area contributed by atoms with Crippen molar-refractivity contribution in [3.05, 3.63) is 4.88 Å². The lowest BCUT2D eigenvalue weighted by Gasteiger charge is -2.13. The maximum absolute atomic E-state index is 12.0. The number of nitrogens with zero attached hydrogens (tertiary/aromatic N) is 2. The first-order valence-electron chi connectivity index (χ1n) is 6.37. The van der Waals surface area contributed by atoms with Crippen molar-refractivity contribution in [2.45, 2.75) is 26.2 Å². The summed E-state index contributed by atoms with van der Waals surface area (Å²) in [5.74, 6) is 0.921. The molecule has 1 amide bonds. The second-order valence-electron chi connectivity index (χ2n) is 4.79. The van der Waals surface area contributed by atoms with E-state index >= 15 is 0 Å². The van der Waals surface area contributed by atoms with Crippen LogP contribution in [0.3, 0.4) is 0 Å². The van der Waals surface area contributed by atoms with Gasteiger partial charge in [0.15, 0.2) is 5.13 Å². The zero-order valence-corrected chi connectivity index (χ0v) is 11.7.